The van der Waals surface area contributed by atoms with Crippen LogP contribution in [0.4, 0.5) is 10.2 Å². The molecule has 1 unspecified atom stereocenters. The molecule has 1 saturated carbocycles. The Hall–Kier alpha value is -2.55. The number of hydrogen-bond acceptors (Lipinski definition) is 6. The van der Waals surface area contributed by atoms with Gasteiger partial charge in [0.2, 0.25) is 11.8 Å². The summed E-state index contributed by atoms with van der Waals surface area (Å²) in [4.78, 5) is 43.0. The molecular formula is C21H29FN4O4. The number of rotatable bonds is 6. The standard InChI is InChI=1S/C21H29FN4O4/c1-30-21(29)15-8-9-18(24-12-15)25-19(27)17-3-2-10-26(17)20(28)14-6-4-13(5-7-14)16(23)11-22/h8-9,12-14,16-17H,2-7,10-11,23H2,1H3,(H,24,25,27)/t13?,14?,16?,17-/m0/s1. The van der Waals surface area contributed by atoms with Gasteiger partial charge in [-0.05, 0) is 56.6 Å². The normalized spacial score (nSPS) is 24.9. The van der Waals surface area contributed by atoms with E-state index in [9.17, 15) is 18.8 Å². The maximum absolute atomic E-state index is 13.0. The van der Waals surface area contributed by atoms with Crippen LogP contribution in [-0.2, 0) is 14.3 Å². The van der Waals surface area contributed by atoms with Gasteiger partial charge in [0.15, 0.2) is 0 Å². The predicted octanol–water partition coefficient (Wildman–Crippen LogP) is 1.90. The summed E-state index contributed by atoms with van der Waals surface area (Å²) in [7, 11) is 1.28. The van der Waals surface area contributed by atoms with Crippen LogP contribution in [0.2, 0.25) is 0 Å². The quantitative estimate of drug-likeness (QED) is 0.680. The number of aromatic nitrogens is 1. The summed E-state index contributed by atoms with van der Waals surface area (Å²) in [6.45, 7) is 0.0157. The number of amides is 2. The zero-order valence-electron chi connectivity index (χ0n) is 17.2. The highest BCUT2D eigenvalue weighted by Gasteiger charge is 2.39. The van der Waals surface area contributed by atoms with Crippen molar-refractivity contribution in [2.75, 3.05) is 25.6 Å². The number of anilines is 1. The average Bonchev–Trinajstić information content (AvgIpc) is 3.28. The molecule has 3 N–H and O–H groups in total. The fourth-order valence-electron chi connectivity index (χ4n) is 4.37. The van der Waals surface area contributed by atoms with Gasteiger partial charge in [-0.15, -0.1) is 0 Å². The van der Waals surface area contributed by atoms with Crippen LogP contribution < -0.4 is 11.1 Å². The topological polar surface area (TPSA) is 115 Å². The van der Waals surface area contributed by atoms with Crippen LogP contribution >= 0.6 is 0 Å². The number of alkyl halides is 1. The molecule has 30 heavy (non-hydrogen) atoms. The Balaban J connectivity index is 1.57. The Labute approximate surface area is 175 Å². The average molecular weight is 420 g/mol. The van der Waals surface area contributed by atoms with Crippen molar-refractivity contribution in [3.8, 4) is 0 Å². The van der Waals surface area contributed by atoms with E-state index in [4.69, 9.17) is 5.73 Å². The SMILES string of the molecule is COC(=O)c1ccc(NC(=O)[C@@H]2CCCN2C(=O)C2CCC(C(N)CF)CC2)nc1. The molecule has 2 atom stereocenters. The number of likely N-dealkylation sites (tertiary alicyclic amines) is 1. The van der Waals surface area contributed by atoms with Crippen LogP contribution in [0, 0.1) is 11.8 Å². The molecule has 9 heteroatoms. The molecule has 2 fully saturated rings. The van der Waals surface area contributed by atoms with Crippen molar-refractivity contribution in [2.45, 2.75) is 50.6 Å². The lowest BCUT2D eigenvalue weighted by Crippen LogP contribution is -2.47. The van der Waals surface area contributed by atoms with Crippen LogP contribution in [0.3, 0.4) is 0 Å². The zero-order chi connectivity index (χ0) is 21.7. The third kappa shape index (κ3) is 4.95. The van der Waals surface area contributed by atoms with E-state index in [1.165, 1.54) is 25.4 Å². The van der Waals surface area contributed by atoms with Crippen LogP contribution in [0.25, 0.3) is 0 Å². The number of carbonyl (C=O) groups excluding carboxylic acids is 3. The minimum absolute atomic E-state index is 0.00563. The summed E-state index contributed by atoms with van der Waals surface area (Å²) >= 11 is 0. The summed E-state index contributed by atoms with van der Waals surface area (Å²) in [5.41, 5.74) is 6.09. The molecule has 8 nitrogen and oxygen atoms in total. The molecular weight excluding hydrogens is 391 g/mol. The molecule has 2 heterocycles. The van der Waals surface area contributed by atoms with E-state index in [-0.39, 0.29) is 29.2 Å². The van der Waals surface area contributed by atoms with Gasteiger partial charge < -0.3 is 20.7 Å². The number of hydrogen-bond donors (Lipinski definition) is 2. The molecule has 1 aliphatic heterocycles. The number of ether oxygens (including phenoxy) is 1. The minimum Gasteiger partial charge on any atom is -0.465 e. The van der Waals surface area contributed by atoms with Gasteiger partial charge in [0.1, 0.15) is 18.5 Å². The van der Waals surface area contributed by atoms with Gasteiger partial charge in [-0.1, -0.05) is 0 Å². The molecule has 164 valence electrons. The van der Waals surface area contributed by atoms with E-state index in [0.29, 0.717) is 31.6 Å². The molecule has 0 aromatic carbocycles. The summed E-state index contributed by atoms with van der Waals surface area (Å²) < 4.78 is 17.4. The molecule has 2 aliphatic rings. The van der Waals surface area contributed by atoms with Crippen molar-refractivity contribution in [1.82, 2.24) is 9.88 Å². The molecule has 0 spiro atoms. The highest BCUT2D eigenvalue weighted by Crippen LogP contribution is 2.33. The monoisotopic (exact) mass is 420 g/mol. The number of carbonyl (C=O) groups is 3. The van der Waals surface area contributed by atoms with Crippen molar-refractivity contribution >= 4 is 23.6 Å². The molecule has 0 bridgehead atoms. The molecule has 2 amide bonds. The van der Waals surface area contributed by atoms with E-state index in [2.05, 4.69) is 15.0 Å². The Morgan fingerprint density at radius 1 is 1.27 bits per heavy atom. The van der Waals surface area contributed by atoms with Gasteiger partial charge in [0, 0.05) is 24.7 Å². The first-order chi connectivity index (χ1) is 14.4. The summed E-state index contributed by atoms with van der Waals surface area (Å²) in [5, 5.41) is 2.73. The largest absolute Gasteiger partial charge is 0.465 e. The Morgan fingerprint density at radius 3 is 2.60 bits per heavy atom. The van der Waals surface area contributed by atoms with Crippen LogP contribution in [0.5, 0.6) is 0 Å². The van der Waals surface area contributed by atoms with Crippen molar-refractivity contribution in [3.05, 3.63) is 23.9 Å². The second-order valence-electron chi connectivity index (χ2n) is 8.03. The molecule has 1 aliphatic carbocycles. The summed E-state index contributed by atoms with van der Waals surface area (Å²) in [5.74, 6) is -0.501. The lowest BCUT2D eigenvalue weighted by molar-refractivity contribution is -0.141. The van der Waals surface area contributed by atoms with Crippen LogP contribution in [-0.4, -0.2) is 60.1 Å². The van der Waals surface area contributed by atoms with Gasteiger partial charge in [-0.25, -0.2) is 14.2 Å². The molecule has 1 aromatic rings. The number of pyridine rings is 1. The number of halogens is 1. The molecule has 3 rings (SSSR count). The lowest BCUT2D eigenvalue weighted by Gasteiger charge is -2.34. The van der Waals surface area contributed by atoms with Crippen LogP contribution in [0.1, 0.15) is 48.9 Å². The second kappa shape index (κ2) is 9.97. The number of nitrogens with two attached hydrogens (primary N) is 1. The summed E-state index contributed by atoms with van der Waals surface area (Å²) in [6, 6.07) is 2.06. The van der Waals surface area contributed by atoms with Gasteiger partial charge in [0.25, 0.3) is 0 Å². The van der Waals surface area contributed by atoms with Gasteiger partial charge in [-0.2, -0.15) is 0 Å². The minimum atomic E-state index is -0.537. The highest BCUT2D eigenvalue weighted by molar-refractivity contribution is 5.97. The Bertz CT molecular complexity index is 765. The van der Waals surface area contributed by atoms with E-state index >= 15 is 0 Å². The zero-order valence-corrected chi connectivity index (χ0v) is 17.2. The number of esters is 1. The van der Waals surface area contributed by atoms with Gasteiger partial charge in [0.05, 0.1) is 12.7 Å². The fraction of sp³-hybridized carbons (Fsp3) is 0.619. The number of methoxy groups -OCH3 is 1. The predicted molar refractivity (Wildman–Crippen MR) is 108 cm³/mol. The van der Waals surface area contributed by atoms with Gasteiger partial charge in [-0.3, -0.25) is 9.59 Å². The first kappa shape index (κ1) is 22.1. The van der Waals surface area contributed by atoms with Crippen molar-refractivity contribution < 1.29 is 23.5 Å². The molecule has 0 radical (unpaired) electrons. The Morgan fingerprint density at radius 2 is 2.00 bits per heavy atom. The first-order valence-electron chi connectivity index (χ1n) is 10.4. The number of nitrogens with one attached hydrogen (secondary N) is 1. The van der Waals surface area contributed by atoms with E-state index in [1.54, 1.807) is 4.90 Å². The lowest BCUT2D eigenvalue weighted by atomic mass is 9.78. The van der Waals surface area contributed by atoms with Crippen molar-refractivity contribution in [3.63, 3.8) is 0 Å². The van der Waals surface area contributed by atoms with Crippen molar-refractivity contribution in [2.24, 2.45) is 17.6 Å². The van der Waals surface area contributed by atoms with Gasteiger partial charge >= 0.3 is 5.97 Å². The fourth-order valence-corrected chi connectivity index (χ4v) is 4.37. The van der Waals surface area contributed by atoms with E-state index in [1.807, 2.05) is 0 Å². The Kier molecular flexibility index (Phi) is 7.36. The van der Waals surface area contributed by atoms with Crippen molar-refractivity contribution in [1.29, 1.82) is 0 Å². The summed E-state index contributed by atoms with van der Waals surface area (Å²) in [6.07, 6.45) is 5.53. The van der Waals surface area contributed by atoms with Crippen LogP contribution in [0.15, 0.2) is 18.3 Å². The highest BCUT2D eigenvalue weighted by atomic mass is 19.1. The first-order valence-corrected chi connectivity index (χ1v) is 10.4. The third-order valence-electron chi connectivity index (χ3n) is 6.18. The van der Waals surface area contributed by atoms with E-state index < -0.39 is 24.7 Å². The maximum Gasteiger partial charge on any atom is 0.339 e. The second-order valence-corrected chi connectivity index (χ2v) is 8.03. The molecule has 1 aromatic heterocycles. The third-order valence-corrected chi connectivity index (χ3v) is 6.18. The maximum atomic E-state index is 13.0. The smallest absolute Gasteiger partial charge is 0.339 e. The number of nitrogens with zero attached hydrogens (tertiary/aromatic N) is 2. The molecule has 1 saturated heterocycles. The van der Waals surface area contributed by atoms with E-state index in [0.717, 1.165) is 19.3 Å².